The van der Waals surface area contributed by atoms with E-state index in [1.54, 1.807) is 11.6 Å². The molecule has 114 valence electrons. The number of amides is 1. The van der Waals surface area contributed by atoms with Gasteiger partial charge in [-0.15, -0.1) is 11.3 Å². The molecule has 0 fully saturated rings. The van der Waals surface area contributed by atoms with Gasteiger partial charge in [0, 0.05) is 24.4 Å². The van der Waals surface area contributed by atoms with Crippen LogP contribution in [0.1, 0.15) is 46.7 Å². The van der Waals surface area contributed by atoms with Gasteiger partial charge in [-0.2, -0.15) is 0 Å². The number of thiazole rings is 1. The van der Waals surface area contributed by atoms with E-state index in [4.69, 9.17) is 4.42 Å². The molecule has 0 saturated carbocycles. The topological polar surface area (TPSA) is 89.3 Å². The predicted molar refractivity (Wildman–Crippen MR) is 81.5 cm³/mol. The van der Waals surface area contributed by atoms with Crippen molar-refractivity contribution in [2.45, 2.75) is 26.7 Å². The molecule has 0 saturated heterocycles. The smallest absolute Gasteiger partial charge is 0.348 e. The fourth-order valence-electron chi connectivity index (χ4n) is 2.51. The van der Waals surface area contributed by atoms with Gasteiger partial charge in [0.2, 0.25) is 0 Å². The van der Waals surface area contributed by atoms with Crippen LogP contribution in [0.2, 0.25) is 0 Å². The first-order chi connectivity index (χ1) is 10.4. The molecule has 0 aliphatic heterocycles. The van der Waals surface area contributed by atoms with Crippen LogP contribution in [-0.2, 0) is 6.42 Å². The molecule has 1 N–H and O–H groups in total. The third-order valence-corrected chi connectivity index (χ3v) is 4.19. The van der Waals surface area contributed by atoms with Gasteiger partial charge < -0.3 is 4.42 Å². The Morgan fingerprint density at radius 3 is 2.82 bits per heavy atom. The van der Waals surface area contributed by atoms with Crippen LogP contribution in [0.5, 0.6) is 0 Å². The fourth-order valence-corrected chi connectivity index (χ4v) is 3.03. The molecule has 2 aromatic heterocycles. The Hall–Kier alpha value is -2.28. The van der Waals surface area contributed by atoms with Gasteiger partial charge in [-0.1, -0.05) is 13.8 Å². The number of aromatic nitrogens is 1. The maximum absolute atomic E-state index is 12.2. The van der Waals surface area contributed by atoms with Crippen LogP contribution in [0.4, 0.5) is 5.13 Å². The number of rotatable bonds is 2. The van der Waals surface area contributed by atoms with E-state index < -0.39 is 11.5 Å². The number of anilines is 1. The number of carbonyl (C=O) groups is 2. The first-order valence-corrected chi connectivity index (χ1v) is 7.65. The van der Waals surface area contributed by atoms with Crippen molar-refractivity contribution >= 4 is 28.2 Å². The lowest BCUT2D eigenvalue weighted by molar-refractivity contribution is 0.0897. The Labute approximate surface area is 130 Å². The summed E-state index contributed by atoms with van der Waals surface area (Å²) in [4.78, 5) is 40.3. The molecule has 1 aliphatic carbocycles. The molecule has 2 heterocycles. The van der Waals surface area contributed by atoms with Crippen molar-refractivity contribution in [3.8, 4) is 0 Å². The number of hydrogen-bond donors (Lipinski definition) is 1. The molecule has 0 atom stereocenters. The molecule has 1 amide bonds. The Balaban J connectivity index is 1.98. The number of nitrogens with zero attached hydrogens (tertiary/aromatic N) is 1. The fraction of sp³-hybridized carbons (Fsp3) is 0.333. The zero-order chi connectivity index (χ0) is 15.9. The Morgan fingerprint density at radius 2 is 2.14 bits per heavy atom. The van der Waals surface area contributed by atoms with Crippen LogP contribution < -0.4 is 10.9 Å². The maximum Gasteiger partial charge on any atom is 0.348 e. The van der Waals surface area contributed by atoms with E-state index in [2.05, 4.69) is 10.3 Å². The van der Waals surface area contributed by atoms with Crippen LogP contribution in [-0.4, -0.2) is 16.7 Å². The van der Waals surface area contributed by atoms with Gasteiger partial charge in [-0.25, -0.2) is 9.78 Å². The number of hydrogen-bond acceptors (Lipinski definition) is 6. The zero-order valence-corrected chi connectivity index (χ0v) is 13.0. The zero-order valence-electron chi connectivity index (χ0n) is 12.1. The number of fused-ring (bicyclic) bond motifs is 1. The van der Waals surface area contributed by atoms with Crippen molar-refractivity contribution in [1.82, 2.24) is 4.98 Å². The van der Waals surface area contributed by atoms with Crippen LogP contribution >= 0.6 is 11.3 Å². The molecule has 1 aliphatic rings. The highest BCUT2D eigenvalue weighted by molar-refractivity contribution is 7.13. The van der Waals surface area contributed by atoms with Crippen molar-refractivity contribution in [3.05, 3.63) is 45.0 Å². The second-order valence-corrected chi connectivity index (χ2v) is 6.91. The molecule has 0 aromatic carbocycles. The van der Waals surface area contributed by atoms with Crippen LogP contribution in [0.3, 0.4) is 0 Å². The Kier molecular flexibility index (Phi) is 3.44. The number of ketones is 1. The molecule has 0 spiro atoms. The molecule has 22 heavy (non-hydrogen) atoms. The molecule has 7 heteroatoms. The summed E-state index contributed by atoms with van der Waals surface area (Å²) < 4.78 is 5.22. The van der Waals surface area contributed by atoms with E-state index in [-0.39, 0.29) is 16.8 Å². The summed E-state index contributed by atoms with van der Waals surface area (Å²) in [6.45, 7) is 3.88. The average molecular weight is 318 g/mol. The van der Waals surface area contributed by atoms with Gasteiger partial charge in [0.25, 0.3) is 5.91 Å². The number of carbonyl (C=O) groups excluding carboxylic acids is 2. The molecule has 0 radical (unpaired) electrons. The largest absolute Gasteiger partial charge is 0.427 e. The lowest BCUT2D eigenvalue weighted by Gasteiger charge is -2.28. The van der Waals surface area contributed by atoms with E-state index in [0.29, 0.717) is 29.3 Å². The first kappa shape index (κ1) is 14.6. The van der Waals surface area contributed by atoms with Crippen molar-refractivity contribution in [3.63, 3.8) is 0 Å². The third-order valence-electron chi connectivity index (χ3n) is 3.50. The SMILES string of the molecule is CC1(C)CC(=O)c2cc(C(=O)Nc3nccs3)c(=O)oc2C1. The van der Waals surface area contributed by atoms with E-state index in [9.17, 15) is 14.4 Å². The van der Waals surface area contributed by atoms with Crippen LogP contribution in [0, 0.1) is 5.41 Å². The van der Waals surface area contributed by atoms with E-state index >= 15 is 0 Å². The summed E-state index contributed by atoms with van der Waals surface area (Å²) in [5, 5.41) is 4.60. The highest BCUT2D eigenvalue weighted by Gasteiger charge is 2.34. The van der Waals surface area contributed by atoms with Gasteiger partial charge >= 0.3 is 5.63 Å². The van der Waals surface area contributed by atoms with Crippen molar-refractivity contribution < 1.29 is 14.0 Å². The number of Topliss-reactive ketones (excluding diaryl/α,β-unsaturated/α-hetero) is 1. The van der Waals surface area contributed by atoms with E-state index in [1.165, 1.54) is 17.4 Å². The van der Waals surface area contributed by atoms with Gasteiger partial charge in [0.15, 0.2) is 10.9 Å². The van der Waals surface area contributed by atoms with Gasteiger partial charge in [0.1, 0.15) is 11.3 Å². The van der Waals surface area contributed by atoms with Gasteiger partial charge in [-0.05, 0) is 11.5 Å². The summed E-state index contributed by atoms with van der Waals surface area (Å²) in [6.07, 6.45) is 2.40. The van der Waals surface area contributed by atoms with Crippen molar-refractivity contribution in [1.29, 1.82) is 0 Å². The average Bonchev–Trinajstić information content (AvgIpc) is 2.89. The summed E-state index contributed by atoms with van der Waals surface area (Å²) >= 11 is 1.24. The van der Waals surface area contributed by atoms with Crippen LogP contribution in [0.25, 0.3) is 0 Å². The molecular weight excluding hydrogens is 304 g/mol. The quantitative estimate of drug-likeness (QED) is 0.919. The molecule has 0 bridgehead atoms. The molecule has 0 unspecified atom stereocenters. The normalized spacial score (nSPS) is 16.2. The molecule has 6 nitrogen and oxygen atoms in total. The van der Waals surface area contributed by atoms with Gasteiger partial charge in [0.05, 0.1) is 5.56 Å². The van der Waals surface area contributed by atoms with Gasteiger partial charge in [-0.3, -0.25) is 14.9 Å². The maximum atomic E-state index is 12.2. The van der Waals surface area contributed by atoms with Crippen molar-refractivity contribution in [2.24, 2.45) is 5.41 Å². The van der Waals surface area contributed by atoms with E-state index in [1.807, 2.05) is 13.8 Å². The number of nitrogens with one attached hydrogen (secondary N) is 1. The monoisotopic (exact) mass is 318 g/mol. The summed E-state index contributed by atoms with van der Waals surface area (Å²) in [5.41, 5.74) is -0.839. The highest BCUT2D eigenvalue weighted by atomic mass is 32.1. The standard InChI is InChI=1S/C15H14N2O4S/c1-15(2)6-10(18)8-5-9(13(20)21-11(8)7-15)12(19)17-14-16-3-4-22-14/h3-5H,6-7H2,1-2H3,(H,16,17,19). The Bertz CT molecular complexity index is 805. The van der Waals surface area contributed by atoms with Crippen LogP contribution in [0.15, 0.2) is 26.9 Å². The third kappa shape index (κ3) is 2.71. The Morgan fingerprint density at radius 1 is 1.36 bits per heavy atom. The molecule has 3 rings (SSSR count). The molecule has 2 aromatic rings. The highest BCUT2D eigenvalue weighted by Crippen LogP contribution is 2.34. The summed E-state index contributed by atoms with van der Waals surface area (Å²) in [6, 6.07) is 1.34. The first-order valence-electron chi connectivity index (χ1n) is 6.77. The minimum absolute atomic E-state index is 0.113. The second kappa shape index (κ2) is 5.17. The minimum Gasteiger partial charge on any atom is -0.427 e. The van der Waals surface area contributed by atoms with Crippen molar-refractivity contribution in [2.75, 3.05) is 5.32 Å². The summed E-state index contributed by atoms with van der Waals surface area (Å²) in [5.74, 6) is -0.375. The lowest BCUT2D eigenvalue weighted by Crippen LogP contribution is -2.30. The molecular formula is C15H14N2O4S. The predicted octanol–water partition coefficient (Wildman–Crippen LogP) is 2.50. The minimum atomic E-state index is -0.738. The van der Waals surface area contributed by atoms with E-state index in [0.717, 1.165) is 0 Å². The second-order valence-electron chi connectivity index (χ2n) is 6.02. The lowest BCUT2D eigenvalue weighted by atomic mass is 9.76. The summed E-state index contributed by atoms with van der Waals surface area (Å²) in [7, 11) is 0.